The van der Waals surface area contributed by atoms with E-state index < -0.39 is 11.9 Å². The third kappa shape index (κ3) is 7.77. The van der Waals surface area contributed by atoms with E-state index in [1.807, 2.05) is 11.0 Å². The second-order valence-electron chi connectivity index (χ2n) is 7.92. The van der Waals surface area contributed by atoms with Crippen LogP contribution in [-0.4, -0.2) is 84.8 Å². The molecule has 2 aromatic rings. The highest BCUT2D eigenvalue weighted by molar-refractivity contribution is 6.27. The molecule has 0 saturated carbocycles. The number of aliphatic carboxylic acids is 2. The summed E-state index contributed by atoms with van der Waals surface area (Å²) in [6.45, 7) is 2.61. The number of piperidine rings is 1. The molecule has 2 N–H and O–H groups in total. The van der Waals surface area contributed by atoms with Crippen molar-refractivity contribution in [1.29, 1.82) is 0 Å². The van der Waals surface area contributed by atoms with Crippen LogP contribution in [0.4, 0.5) is 0 Å². The first-order valence-corrected chi connectivity index (χ1v) is 11.0. The van der Waals surface area contributed by atoms with Crippen molar-refractivity contribution in [1.82, 2.24) is 9.80 Å². The van der Waals surface area contributed by atoms with Gasteiger partial charge in [0.2, 0.25) is 0 Å². The van der Waals surface area contributed by atoms with Crippen LogP contribution < -0.4 is 9.47 Å². The number of likely N-dealkylation sites (N-methyl/N-ethyl adjacent to an activating group) is 1. The summed E-state index contributed by atoms with van der Waals surface area (Å²) < 4.78 is 10.6. The standard InChI is InChI=1S/C23H30N2O3.C2H2O4/c1-24(14-11-18-7-5-4-6-8-18)20-12-15-25(16-13-20)23(26)19-9-10-21(27-2)22(17-19)28-3;3-1(4)2(5)6/h4-10,17,20H,11-16H2,1-3H3;(H,3,4)(H,5,6). The summed E-state index contributed by atoms with van der Waals surface area (Å²) in [6, 6.07) is 16.5. The van der Waals surface area contributed by atoms with Gasteiger partial charge in [-0.25, -0.2) is 9.59 Å². The van der Waals surface area contributed by atoms with Crippen molar-refractivity contribution in [3.8, 4) is 11.5 Å². The fourth-order valence-corrected chi connectivity index (χ4v) is 3.79. The van der Waals surface area contributed by atoms with Gasteiger partial charge in [0.05, 0.1) is 14.2 Å². The highest BCUT2D eigenvalue weighted by Crippen LogP contribution is 2.28. The minimum atomic E-state index is -1.82. The lowest BCUT2D eigenvalue weighted by atomic mass is 10.0. The van der Waals surface area contributed by atoms with Crippen LogP contribution in [0.2, 0.25) is 0 Å². The number of carboxylic acid groups (broad SMARTS) is 2. The molecule has 0 aliphatic carbocycles. The van der Waals surface area contributed by atoms with Crippen LogP contribution >= 0.6 is 0 Å². The van der Waals surface area contributed by atoms with Crippen molar-refractivity contribution in [3.63, 3.8) is 0 Å². The Morgan fingerprint density at radius 3 is 2.06 bits per heavy atom. The van der Waals surface area contributed by atoms with E-state index in [-0.39, 0.29) is 5.91 Å². The van der Waals surface area contributed by atoms with Gasteiger partial charge in [-0.3, -0.25) is 4.79 Å². The van der Waals surface area contributed by atoms with E-state index in [9.17, 15) is 4.79 Å². The molecule has 184 valence electrons. The van der Waals surface area contributed by atoms with E-state index in [0.717, 1.165) is 38.9 Å². The first kappa shape index (κ1) is 26.7. The number of hydrogen-bond donors (Lipinski definition) is 2. The van der Waals surface area contributed by atoms with Gasteiger partial charge < -0.3 is 29.5 Å². The fourth-order valence-electron chi connectivity index (χ4n) is 3.79. The summed E-state index contributed by atoms with van der Waals surface area (Å²) in [5.74, 6) is -2.36. The number of nitrogens with zero attached hydrogens (tertiary/aromatic N) is 2. The minimum absolute atomic E-state index is 0.0614. The molecule has 0 spiro atoms. The number of carbonyl (C=O) groups excluding carboxylic acids is 1. The molecule has 1 saturated heterocycles. The summed E-state index contributed by atoms with van der Waals surface area (Å²) in [5.41, 5.74) is 2.02. The Morgan fingerprint density at radius 2 is 1.53 bits per heavy atom. The molecule has 34 heavy (non-hydrogen) atoms. The molecule has 9 nitrogen and oxygen atoms in total. The maximum absolute atomic E-state index is 12.9. The Labute approximate surface area is 199 Å². The van der Waals surface area contributed by atoms with E-state index in [0.29, 0.717) is 23.1 Å². The molecule has 0 atom stereocenters. The predicted molar refractivity (Wildman–Crippen MR) is 127 cm³/mol. The molecule has 0 radical (unpaired) electrons. The Balaban J connectivity index is 0.000000604. The third-order valence-corrected chi connectivity index (χ3v) is 5.78. The summed E-state index contributed by atoms with van der Waals surface area (Å²) >= 11 is 0. The van der Waals surface area contributed by atoms with Gasteiger partial charge in [-0.15, -0.1) is 0 Å². The van der Waals surface area contributed by atoms with Gasteiger partial charge in [-0.2, -0.15) is 0 Å². The van der Waals surface area contributed by atoms with E-state index in [1.165, 1.54) is 5.56 Å². The summed E-state index contributed by atoms with van der Waals surface area (Å²) in [4.78, 5) is 35.5. The fraction of sp³-hybridized carbons (Fsp3) is 0.400. The highest BCUT2D eigenvalue weighted by Gasteiger charge is 2.26. The number of hydrogen-bond acceptors (Lipinski definition) is 6. The molecule has 2 aromatic carbocycles. The molecule has 3 rings (SSSR count). The number of carbonyl (C=O) groups is 3. The van der Waals surface area contributed by atoms with Crippen LogP contribution in [0.15, 0.2) is 48.5 Å². The van der Waals surface area contributed by atoms with Crippen LogP contribution in [0, 0.1) is 0 Å². The monoisotopic (exact) mass is 472 g/mol. The second-order valence-corrected chi connectivity index (χ2v) is 7.92. The van der Waals surface area contributed by atoms with E-state index in [4.69, 9.17) is 29.3 Å². The minimum Gasteiger partial charge on any atom is -0.493 e. The first-order chi connectivity index (χ1) is 16.3. The average Bonchev–Trinajstić information content (AvgIpc) is 2.87. The number of ether oxygens (including phenoxy) is 2. The Bertz CT molecular complexity index is 945. The summed E-state index contributed by atoms with van der Waals surface area (Å²) in [7, 11) is 5.38. The molecule has 0 aromatic heterocycles. The van der Waals surface area contributed by atoms with Gasteiger partial charge in [-0.05, 0) is 50.1 Å². The molecule has 1 fully saturated rings. The van der Waals surface area contributed by atoms with Crippen LogP contribution in [0.1, 0.15) is 28.8 Å². The second kappa shape index (κ2) is 13.2. The quantitative estimate of drug-likeness (QED) is 0.591. The van der Waals surface area contributed by atoms with Crippen LogP contribution in [0.3, 0.4) is 0 Å². The van der Waals surface area contributed by atoms with Crippen LogP contribution in [0.25, 0.3) is 0 Å². The number of carboxylic acids is 2. The molecule has 9 heteroatoms. The molecule has 1 aliphatic heterocycles. The highest BCUT2D eigenvalue weighted by atomic mass is 16.5. The van der Waals surface area contributed by atoms with E-state index in [2.05, 4.69) is 42.3 Å². The molecular weight excluding hydrogens is 440 g/mol. The lowest BCUT2D eigenvalue weighted by Gasteiger charge is -2.37. The van der Waals surface area contributed by atoms with Crippen molar-refractivity contribution in [2.75, 3.05) is 40.9 Å². The van der Waals surface area contributed by atoms with Crippen molar-refractivity contribution in [2.24, 2.45) is 0 Å². The Morgan fingerprint density at radius 1 is 0.941 bits per heavy atom. The smallest absolute Gasteiger partial charge is 0.414 e. The Hall–Kier alpha value is -3.59. The molecule has 0 unspecified atom stereocenters. The average molecular weight is 473 g/mol. The summed E-state index contributed by atoms with van der Waals surface area (Å²) in [5, 5.41) is 14.8. The zero-order chi connectivity index (χ0) is 25.1. The molecule has 0 bridgehead atoms. The summed E-state index contributed by atoms with van der Waals surface area (Å²) in [6.07, 6.45) is 3.07. The molecule has 1 aliphatic rings. The predicted octanol–water partition coefficient (Wildman–Crippen LogP) is 2.64. The largest absolute Gasteiger partial charge is 0.493 e. The van der Waals surface area contributed by atoms with Crippen molar-refractivity contribution < 1.29 is 34.1 Å². The van der Waals surface area contributed by atoms with Crippen molar-refractivity contribution in [2.45, 2.75) is 25.3 Å². The SMILES string of the molecule is COc1ccc(C(=O)N2CCC(N(C)CCc3ccccc3)CC2)cc1OC.O=C(O)C(=O)O. The molecule has 1 heterocycles. The van der Waals surface area contributed by atoms with Gasteiger partial charge in [-0.1, -0.05) is 30.3 Å². The van der Waals surface area contributed by atoms with Crippen LogP contribution in [0.5, 0.6) is 11.5 Å². The van der Waals surface area contributed by atoms with Crippen LogP contribution in [-0.2, 0) is 16.0 Å². The lowest BCUT2D eigenvalue weighted by molar-refractivity contribution is -0.159. The number of rotatable bonds is 7. The lowest BCUT2D eigenvalue weighted by Crippen LogP contribution is -2.46. The first-order valence-electron chi connectivity index (χ1n) is 11.0. The van der Waals surface area contributed by atoms with Gasteiger partial charge in [0, 0.05) is 31.2 Å². The number of methoxy groups -OCH3 is 2. The maximum atomic E-state index is 12.9. The van der Waals surface area contributed by atoms with Gasteiger partial charge in [0.15, 0.2) is 11.5 Å². The number of benzene rings is 2. The third-order valence-electron chi connectivity index (χ3n) is 5.78. The van der Waals surface area contributed by atoms with Crippen molar-refractivity contribution >= 4 is 17.8 Å². The van der Waals surface area contributed by atoms with Gasteiger partial charge in [0.1, 0.15) is 0 Å². The van der Waals surface area contributed by atoms with Gasteiger partial charge in [0.25, 0.3) is 5.91 Å². The molecular formula is C25H32N2O7. The number of amides is 1. The maximum Gasteiger partial charge on any atom is 0.414 e. The zero-order valence-corrected chi connectivity index (χ0v) is 19.8. The Kier molecular flexibility index (Phi) is 10.3. The van der Waals surface area contributed by atoms with Crippen molar-refractivity contribution in [3.05, 3.63) is 59.7 Å². The topological polar surface area (TPSA) is 117 Å². The normalized spacial score (nSPS) is 13.6. The van der Waals surface area contributed by atoms with E-state index in [1.54, 1.807) is 26.4 Å². The molecule has 1 amide bonds. The van der Waals surface area contributed by atoms with Gasteiger partial charge >= 0.3 is 11.9 Å². The van der Waals surface area contributed by atoms with E-state index >= 15 is 0 Å². The zero-order valence-electron chi connectivity index (χ0n) is 19.8. The number of likely N-dealkylation sites (tertiary alicyclic amines) is 1.